The second-order valence-electron chi connectivity index (χ2n) is 8.56. The number of rotatable bonds is 8. The Morgan fingerprint density at radius 2 is 2.06 bits per heavy atom. The van der Waals surface area contributed by atoms with Gasteiger partial charge < -0.3 is 10.0 Å². The predicted octanol–water partition coefficient (Wildman–Crippen LogP) is 2.10. The highest BCUT2D eigenvalue weighted by atomic mass is 32.1. The number of carbonyl (C=O) groups excluding carboxylic acids is 1. The van der Waals surface area contributed by atoms with Crippen molar-refractivity contribution in [3.8, 4) is 5.13 Å². The predicted molar refractivity (Wildman–Crippen MR) is 129 cm³/mol. The van der Waals surface area contributed by atoms with Crippen molar-refractivity contribution in [1.29, 1.82) is 0 Å². The number of aromatic carboxylic acids is 1. The number of carboxylic acid groups (broad SMARTS) is 1. The maximum absolute atomic E-state index is 12.8. The molecule has 11 nitrogen and oxygen atoms in total. The van der Waals surface area contributed by atoms with Crippen LogP contribution in [-0.4, -0.2) is 58.6 Å². The van der Waals surface area contributed by atoms with E-state index >= 15 is 0 Å². The summed E-state index contributed by atoms with van der Waals surface area (Å²) in [7, 11) is 0. The summed E-state index contributed by atoms with van der Waals surface area (Å²) in [5.41, 5.74) is 1.16. The average Bonchev–Trinajstić information content (AvgIpc) is 3.43. The van der Waals surface area contributed by atoms with Gasteiger partial charge in [0.2, 0.25) is 10.6 Å². The molecule has 0 unspecified atom stereocenters. The van der Waals surface area contributed by atoms with Crippen LogP contribution in [0.15, 0.2) is 35.5 Å². The first-order chi connectivity index (χ1) is 16.9. The molecule has 4 aromatic rings. The van der Waals surface area contributed by atoms with Crippen LogP contribution in [0.25, 0.3) is 16.2 Å². The van der Waals surface area contributed by atoms with Crippen LogP contribution in [0.2, 0.25) is 0 Å². The summed E-state index contributed by atoms with van der Waals surface area (Å²) in [4.78, 5) is 47.8. The van der Waals surface area contributed by atoms with Crippen LogP contribution in [-0.2, 0) is 17.8 Å². The number of hydrogen-bond acceptors (Lipinski definition) is 9. The van der Waals surface area contributed by atoms with Crippen molar-refractivity contribution in [3.63, 3.8) is 0 Å². The fourth-order valence-corrected chi connectivity index (χ4v) is 4.75. The molecule has 0 aliphatic carbocycles. The third-order valence-electron chi connectivity index (χ3n) is 6.11. The molecule has 12 heteroatoms. The van der Waals surface area contributed by atoms with Crippen molar-refractivity contribution >= 4 is 40.1 Å². The zero-order valence-electron chi connectivity index (χ0n) is 19.2. The van der Waals surface area contributed by atoms with Gasteiger partial charge in [0.25, 0.3) is 0 Å². The number of carboxylic acids is 1. The lowest BCUT2D eigenvalue weighted by Crippen LogP contribution is -2.51. The minimum atomic E-state index is -1.32. The quantitative estimate of drug-likeness (QED) is 0.391. The van der Waals surface area contributed by atoms with Gasteiger partial charge in [-0.15, -0.1) is 0 Å². The van der Waals surface area contributed by atoms with Crippen molar-refractivity contribution in [2.75, 3.05) is 18.0 Å². The van der Waals surface area contributed by atoms with Crippen molar-refractivity contribution < 1.29 is 14.7 Å². The monoisotopic (exact) mass is 493 g/mol. The fourth-order valence-electron chi connectivity index (χ4n) is 4.24. The molecule has 1 aliphatic heterocycles. The number of Topliss-reactive ketones (excluding diaryl/α,β-unsaturated/α-hetero) is 1. The van der Waals surface area contributed by atoms with Gasteiger partial charge in [0.05, 0.1) is 23.4 Å². The van der Waals surface area contributed by atoms with Gasteiger partial charge in [-0.2, -0.15) is 9.47 Å². The molecule has 4 aromatic heterocycles. The highest BCUT2D eigenvalue weighted by Gasteiger charge is 2.34. The largest absolute Gasteiger partial charge is 0.477 e. The topological polar surface area (TPSA) is 136 Å². The molecule has 1 N–H and O–H groups in total. The molecule has 0 amide bonds. The van der Waals surface area contributed by atoms with Crippen molar-refractivity contribution in [1.82, 2.24) is 28.7 Å². The molecule has 0 spiro atoms. The maximum Gasteiger partial charge on any atom is 0.341 e. The molecule has 5 rings (SSSR count). The fraction of sp³-hybridized carbons (Fsp3) is 0.348. The Balaban J connectivity index is 1.37. The summed E-state index contributed by atoms with van der Waals surface area (Å²) in [5.74, 6) is -0.702. The van der Waals surface area contributed by atoms with Gasteiger partial charge in [0.1, 0.15) is 23.5 Å². The zero-order chi connectivity index (χ0) is 24.7. The number of aromatic nitrogens is 6. The van der Waals surface area contributed by atoms with Gasteiger partial charge in [0, 0.05) is 43.1 Å². The van der Waals surface area contributed by atoms with Crippen LogP contribution >= 0.6 is 11.5 Å². The van der Waals surface area contributed by atoms with Gasteiger partial charge in [-0.1, -0.05) is 6.92 Å². The number of aryl methyl sites for hydroxylation is 2. The van der Waals surface area contributed by atoms with Crippen LogP contribution in [0.3, 0.4) is 0 Å². The minimum Gasteiger partial charge on any atom is -0.477 e. The molecular formula is C23H23N7O4S. The van der Waals surface area contributed by atoms with Crippen molar-refractivity contribution in [2.24, 2.45) is 5.92 Å². The van der Waals surface area contributed by atoms with E-state index in [-0.39, 0.29) is 22.7 Å². The Kier molecular flexibility index (Phi) is 5.89. The Morgan fingerprint density at radius 3 is 2.74 bits per heavy atom. The Labute approximate surface area is 203 Å². The lowest BCUT2D eigenvalue weighted by atomic mass is 9.92. The lowest BCUT2D eigenvalue weighted by molar-refractivity contribution is -0.123. The second kappa shape index (κ2) is 9.02. The van der Waals surface area contributed by atoms with E-state index in [9.17, 15) is 19.5 Å². The van der Waals surface area contributed by atoms with Gasteiger partial charge >= 0.3 is 5.97 Å². The highest BCUT2D eigenvalue weighted by molar-refractivity contribution is 7.08. The molecule has 35 heavy (non-hydrogen) atoms. The van der Waals surface area contributed by atoms with E-state index in [4.69, 9.17) is 0 Å². The standard InChI is InChI=1S/C23H23N7O4S/c1-3-6-30-13(2)7-15(27-30)8-18(31)14-9-28(10-14)19-5-4-16-20(32)17(22(33)34)11-29(21(16)26-19)23-24-12-25-35-23/h4-5,7,11-12,14H,3,6,8-10H2,1-2H3,(H,33,34). The zero-order valence-corrected chi connectivity index (χ0v) is 20.0. The smallest absolute Gasteiger partial charge is 0.341 e. The first kappa shape index (κ1) is 22.8. The van der Waals surface area contributed by atoms with Crippen LogP contribution in [0.5, 0.6) is 0 Å². The van der Waals surface area contributed by atoms with Gasteiger partial charge in [-0.3, -0.25) is 18.8 Å². The summed E-state index contributed by atoms with van der Waals surface area (Å²) in [6.45, 7) is 5.95. The van der Waals surface area contributed by atoms with E-state index in [1.54, 1.807) is 12.1 Å². The molecule has 180 valence electrons. The number of ketones is 1. The van der Waals surface area contributed by atoms with E-state index in [1.807, 2.05) is 22.6 Å². The molecule has 5 heterocycles. The molecule has 1 fully saturated rings. The number of fused-ring (bicyclic) bond motifs is 1. The molecular weight excluding hydrogens is 470 g/mol. The van der Waals surface area contributed by atoms with E-state index in [0.717, 1.165) is 35.9 Å². The first-order valence-electron chi connectivity index (χ1n) is 11.2. The summed E-state index contributed by atoms with van der Waals surface area (Å²) in [6, 6.07) is 5.21. The molecule has 0 saturated carbocycles. The van der Waals surface area contributed by atoms with Crippen LogP contribution in [0, 0.1) is 12.8 Å². The molecule has 1 aliphatic rings. The summed E-state index contributed by atoms with van der Waals surface area (Å²) in [6.07, 6.45) is 3.87. The minimum absolute atomic E-state index is 0.121. The maximum atomic E-state index is 12.8. The number of anilines is 1. The summed E-state index contributed by atoms with van der Waals surface area (Å²) >= 11 is 1.06. The highest BCUT2D eigenvalue weighted by Crippen LogP contribution is 2.27. The van der Waals surface area contributed by atoms with E-state index in [0.29, 0.717) is 36.1 Å². The van der Waals surface area contributed by atoms with Crippen LogP contribution in [0.4, 0.5) is 5.82 Å². The number of hydrogen-bond donors (Lipinski definition) is 1. The third-order valence-corrected chi connectivity index (χ3v) is 6.77. The van der Waals surface area contributed by atoms with Crippen molar-refractivity contribution in [2.45, 2.75) is 33.2 Å². The Morgan fingerprint density at radius 1 is 1.26 bits per heavy atom. The van der Waals surface area contributed by atoms with Gasteiger partial charge in [-0.25, -0.2) is 14.8 Å². The van der Waals surface area contributed by atoms with Gasteiger partial charge in [-0.05, 0) is 31.5 Å². The van der Waals surface area contributed by atoms with Gasteiger partial charge in [0.15, 0.2) is 5.65 Å². The molecule has 1 saturated heterocycles. The molecule has 0 aromatic carbocycles. The Hall–Kier alpha value is -3.93. The van der Waals surface area contributed by atoms with Crippen LogP contribution in [0.1, 0.15) is 35.1 Å². The van der Waals surface area contributed by atoms with Crippen molar-refractivity contribution in [3.05, 3.63) is 57.9 Å². The lowest BCUT2D eigenvalue weighted by Gasteiger charge is -2.39. The molecule has 0 radical (unpaired) electrons. The molecule has 0 bridgehead atoms. The average molecular weight is 494 g/mol. The normalized spacial score (nSPS) is 13.8. The first-order valence-corrected chi connectivity index (χ1v) is 12.0. The second-order valence-corrected chi connectivity index (χ2v) is 9.32. The summed E-state index contributed by atoms with van der Waals surface area (Å²) < 4.78 is 7.37. The number of carbonyl (C=O) groups is 2. The third kappa shape index (κ3) is 4.20. The SMILES string of the molecule is CCCn1nc(CC(=O)C2CN(c3ccc4c(=O)c(C(=O)O)cn(-c5ncns5)c4n3)C2)cc1C. The number of nitrogens with zero attached hydrogens (tertiary/aromatic N) is 7. The van der Waals surface area contributed by atoms with E-state index in [1.165, 1.54) is 17.1 Å². The number of pyridine rings is 2. The van der Waals surface area contributed by atoms with Crippen LogP contribution < -0.4 is 10.3 Å². The Bertz CT molecular complexity index is 1490. The van der Waals surface area contributed by atoms with E-state index < -0.39 is 11.4 Å². The molecule has 0 atom stereocenters. The van der Waals surface area contributed by atoms with E-state index in [2.05, 4.69) is 26.4 Å². The summed E-state index contributed by atoms with van der Waals surface area (Å²) in [5, 5.41) is 14.6.